The molecule has 0 aliphatic carbocycles. The van der Waals surface area contributed by atoms with Gasteiger partial charge >= 0.3 is 12.1 Å². The van der Waals surface area contributed by atoms with E-state index in [-0.39, 0.29) is 34.4 Å². The summed E-state index contributed by atoms with van der Waals surface area (Å²) in [6.07, 6.45) is -1.96. The predicted molar refractivity (Wildman–Crippen MR) is 101 cm³/mol. The van der Waals surface area contributed by atoms with E-state index in [4.69, 9.17) is 18.7 Å². The Labute approximate surface area is 174 Å². The Morgan fingerprint density at radius 1 is 1.13 bits per heavy atom. The summed E-state index contributed by atoms with van der Waals surface area (Å²) in [6, 6.07) is 6.85. The van der Waals surface area contributed by atoms with E-state index < -0.39 is 17.8 Å². The van der Waals surface area contributed by atoms with E-state index in [2.05, 4.69) is 15.1 Å². The molecule has 1 aromatic carbocycles. The third kappa shape index (κ3) is 4.65. The topological polar surface area (TPSA) is 96.6 Å². The van der Waals surface area contributed by atoms with Gasteiger partial charge in [0.25, 0.3) is 0 Å². The maximum absolute atomic E-state index is 12.8. The van der Waals surface area contributed by atoms with Crippen LogP contribution in [0.4, 0.5) is 13.2 Å². The molecule has 0 saturated heterocycles. The first-order valence-corrected chi connectivity index (χ1v) is 8.74. The molecule has 3 aromatic rings. The van der Waals surface area contributed by atoms with E-state index in [9.17, 15) is 18.0 Å². The number of esters is 1. The van der Waals surface area contributed by atoms with Crippen LogP contribution in [0.25, 0.3) is 16.9 Å². The van der Waals surface area contributed by atoms with Gasteiger partial charge in [-0.25, -0.2) is 14.8 Å². The van der Waals surface area contributed by atoms with Gasteiger partial charge in [0.2, 0.25) is 11.8 Å². The molecule has 0 radical (unpaired) electrons. The minimum absolute atomic E-state index is 0.0175. The van der Waals surface area contributed by atoms with Crippen LogP contribution in [-0.4, -0.2) is 35.3 Å². The van der Waals surface area contributed by atoms with Crippen molar-refractivity contribution in [3.8, 4) is 28.8 Å². The second kappa shape index (κ2) is 8.86. The number of carbonyl (C=O) groups is 1. The van der Waals surface area contributed by atoms with E-state index in [1.165, 1.54) is 38.8 Å². The first kappa shape index (κ1) is 21.8. The summed E-state index contributed by atoms with van der Waals surface area (Å²) in [7, 11) is 2.58. The third-order valence-corrected chi connectivity index (χ3v) is 4.07. The molecule has 0 N–H and O–H groups in total. The van der Waals surface area contributed by atoms with Crippen LogP contribution in [0, 0.1) is 0 Å². The molecule has 0 atom stereocenters. The van der Waals surface area contributed by atoms with Crippen molar-refractivity contribution >= 4 is 11.5 Å². The number of alkyl halides is 3. The predicted octanol–water partition coefficient (Wildman–Crippen LogP) is 4.53. The van der Waals surface area contributed by atoms with Gasteiger partial charge in [-0.05, 0) is 19.1 Å². The van der Waals surface area contributed by atoms with Crippen LogP contribution in [0.5, 0.6) is 17.5 Å². The SMILES string of the molecule is CC=C(C(=O)OC)c1c(OC)ncnc1Oc1cccc(-c2cc(C(F)(F)F)no2)c1. The molecule has 0 bridgehead atoms. The number of rotatable bonds is 6. The van der Waals surface area contributed by atoms with Gasteiger partial charge < -0.3 is 18.7 Å². The number of ether oxygens (including phenoxy) is 3. The molecule has 0 unspecified atom stereocenters. The highest BCUT2D eigenvalue weighted by atomic mass is 19.4. The molecule has 162 valence electrons. The molecule has 31 heavy (non-hydrogen) atoms. The van der Waals surface area contributed by atoms with Gasteiger partial charge in [-0.3, -0.25) is 0 Å². The van der Waals surface area contributed by atoms with Gasteiger partial charge in [0, 0.05) is 11.6 Å². The minimum atomic E-state index is -4.63. The maximum Gasteiger partial charge on any atom is 0.436 e. The summed E-state index contributed by atoms with van der Waals surface area (Å²) in [6.45, 7) is 1.62. The molecule has 0 spiro atoms. The van der Waals surface area contributed by atoms with Gasteiger partial charge in [0.05, 0.1) is 19.8 Å². The van der Waals surface area contributed by atoms with Gasteiger partial charge in [-0.2, -0.15) is 13.2 Å². The van der Waals surface area contributed by atoms with Crippen LogP contribution in [0.3, 0.4) is 0 Å². The Morgan fingerprint density at radius 3 is 2.48 bits per heavy atom. The van der Waals surface area contributed by atoms with Crippen LogP contribution >= 0.6 is 0 Å². The van der Waals surface area contributed by atoms with Crippen molar-refractivity contribution in [2.45, 2.75) is 13.1 Å². The van der Waals surface area contributed by atoms with Crippen LogP contribution in [0.15, 0.2) is 47.3 Å². The number of hydrogen-bond acceptors (Lipinski definition) is 8. The highest BCUT2D eigenvalue weighted by Crippen LogP contribution is 2.36. The number of halogens is 3. The zero-order chi connectivity index (χ0) is 22.6. The molecule has 8 nitrogen and oxygen atoms in total. The lowest BCUT2D eigenvalue weighted by atomic mass is 10.1. The lowest BCUT2D eigenvalue weighted by Crippen LogP contribution is -2.08. The average Bonchev–Trinajstić information content (AvgIpc) is 3.26. The van der Waals surface area contributed by atoms with Gasteiger partial charge in [0.15, 0.2) is 11.5 Å². The maximum atomic E-state index is 12.8. The summed E-state index contributed by atoms with van der Waals surface area (Å²) >= 11 is 0. The van der Waals surface area contributed by atoms with E-state index in [1.54, 1.807) is 19.1 Å². The smallest absolute Gasteiger partial charge is 0.436 e. The molecule has 3 rings (SSSR count). The van der Waals surface area contributed by atoms with Crippen molar-refractivity contribution < 1.29 is 36.7 Å². The fourth-order valence-corrected chi connectivity index (χ4v) is 2.66. The number of hydrogen-bond donors (Lipinski definition) is 0. The highest BCUT2D eigenvalue weighted by Gasteiger charge is 2.35. The van der Waals surface area contributed by atoms with E-state index in [0.717, 1.165) is 6.07 Å². The number of aromatic nitrogens is 3. The fourth-order valence-electron chi connectivity index (χ4n) is 2.66. The Bertz CT molecular complexity index is 1130. The monoisotopic (exact) mass is 435 g/mol. The highest BCUT2D eigenvalue weighted by molar-refractivity contribution is 6.17. The Hall–Kier alpha value is -3.89. The zero-order valence-electron chi connectivity index (χ0n) is 16.6. The van der Waals surface area contributed by atoms with Crippen molar-refractivity contribution in [3.05, 3.63) is 54.0 Å². The summed E-state index contributed by atoms with van der Waals surface area (Å²) in [5.41, 5.74) is -0.588. The van der Waals surface area contributed by atoms with Crippen molar-refractivity contribution in [2.75, 3.05) is 14.2 Å². The zero-order valence-corrected chi connectivity index (χ0v) is 16.6. The molecule has 0 aliphatic heterocycles. The Balaban J connectivity index is 2.00. The molecule has 2 heterocycles. The third-order valence-electron chi connectivity index (χ3n) is 4.07. The summed E-state index contributed by atoms with van der Waals surface area (Å²) in [5.74, 6) is -0.483. The van der Waals surface area contributed by atoms with Crippen molar-refractivity contribution in [1.82, 2.24) is 15.1 Å². The summed E-state index contributed by atoms with van der Waals surface area (Å²) in [5, 5.41) is 3.04. The molecular weight excluding hydrogens is 419 g/mol. The summed E-state index contributed by atoms with van der Waals surface area (Å²) in [4.78, 5) is 20.2. The van der Waals surface area contributed by atoms with E-state index >= 15 is 0 Å². The minimum Gasteiger partial charge on any atom is -0.480 e. The molecule has 0 amide bonds. The first-order chi connectivity index (χ1) is 14.8. The average molecular weight is 435 g/mol. The molecule has 11 heteroatoms. The van der Waals surface area contributed by atoms with Crippen LogP contribution < -0.4 is 9.47 Å². The summed E-state index contributed by atoms with van der Waals surface area (Å²) < 4.78 is 59.0. The molecule has 0 saturated carbocycles. The van der Waals surface area contributed by atoms with Gasteiger partial charge in [-0.1, -0.05) is 23.4 Å². The van der Waals surface area contributed by atoms with Crippen molar-refractivity contribution in [2.24, 2.45) is 0 Å². The first-order valence-electron chi connectivity index (χ1n) is 8.74. The van der Waals surface area contributed by atoms with Crippen molar-refractivity contribution in [1.29, 1.82) is 0 Å². The second-order valence-corrected chi connectivity index (χ2v) is 5.96. The molecule has 0 aliphatic rings. The van der Waals surface area contributed by atoms with Gasteiger partial charge in [-0.15, -0.1) is 0 Å². The Kier molecular flexibility index (Phi) is 6.23. The van der Waals surface area contributed by atoms with E-state index in [1.807, 2.05) is 0 Å². The standard InChI is InChI=1S/C20H16F3N3O5/c1-4-13(19(27)29-3)16-17(28-2)24-10-25-18(16)30-12-7-5-6-11(8-12)14-9-15(26-31-14)20(21,22)23/h4-10H,1-3H3. The lowest BCUT2D eigenvalue weighted by molar-refractivity contribution is -0.142. The molecule has 0 fully saturated rings. The molecular formula is C20H16F3N3O5. The number of carbonyl (C=O) groups excluding carboxylic acids is 1. The Morgan fingerprint density at radius 2 is 1.87 bits per heavy atom. The normalized spacial score (nSPS) is 11.9. The molecule has 2 aromatic heterocycles. The largest absolute Gasteiger partial charge is 0.480 e. The number of benzene rings is 1. The van der Waals surface area contributed by atoms with Crippen LogP contribution in [0.2, 0.25) is 0 Å². The second-order valence-electron chi connectivity index (χ2n) is 5.96. The lowest BCUT2D eigenvalue weighted by Gasteiger charge is -2.14. The number of allylic oxidation sites excluding steroid dienone is 1. The van der Waals surface area contributed by atoms with Crippen LogP contribution in [-0.2, 0) is 15.7 Å². The quantitative estimate of drug-likeness (QED) is 0.412. The van der Waals surface area contributed by atoms with Gasteiger partial charge in [0.1, 0.15) is 17.6 Å². The van der Waals surface area contributed by atoms with E-state index in [0.29, 0.717) is 5.56 Å². The fraction of sp³-hybridized carbons (Fsp3) is 0.200. The number of methoxy groups -OCH3 is 2. The van der Waals surface area contributed by atoms with Crippen molar-refractivity contribution in [3.63, 3.8) is 0 Å². The van der Waals surface area contributed by atoms with Crippen LogP contribution in [0.1, 0.15) is 18.2 Å². The number of nitrogens with zero attached hydrogens (tertiary/aromatic N) is 3.